The Labute approximate surface area is 155 Å². The van der Waals surface area contributed by atoms with E-state index in [4.69, 9.17) is 4.74 Å². The molecule has 0 amide bonds. The number of esters is 1. The van der Waals surface area contributed by atoms with Gasteiger partial charge in [0.2, 0.25) is 0 Å². The Morgan fingerprint density at radius 1 is 1.19 bits per heavy atom. The van der Waals surface area contributed by atoms with E-state index < -0.39 is 0 Å². The molecule has 4 fully saturated rings. The first kappa shape index (κ1) is 15.7. The van der Waals surface area contributed by atoms with Crippen molar-refractivity contribution in [3.05, 3.63) is 23.8 Å². The molecule has 5 aliphatic carbocycles. The highest BCUT2D eigenvalue weighted by Crippen LogP contribution is 2.78. The number of allylic oxidation sites excluding steroid dienone is 1. The van der Waals surface area contributed by atoms with E-state index in [0.29, 0.717) is 29.5 Å². The predicted molar refractivity (Wildman–Crippen MR) is 97.0 cm³/mol. The highest BCUT2D eigenvalue weighted by Gasteiger charge is 2.78. The number of fused-ring (bicyclic) bond motifs is 9. The van der Waals surface area contributed by atoms with E-state index in [1.165, 1.54) is 18.4 Å². The highest BCUT2D eigenvalue weighted by atomic mass is 16.6. The van der Waals surface area contributed by atoms with Crippen molar-refractivity contribution in [2.45, 2.75) is 58.0 Å². The van der Waals surface area contributed by atoms with E-state index >= 15 is 0 Å². The molecule has 1 spiro atoms. The van der Waals surface area contributed by atoms with E-state index in [0.717, 1.165) is 43.4 Å². The van der Waals surface area contributed by atoms with Gasteiger partial charge < -0.3 is 4.74 Å². The zero-order chi connectivity index (χ0) is 17.8. The molecular formula is C23H28O3. The molecule has 0 N–H and O–H groups in total. The van der Waals surface area contributed by atoms with Crippen molar-refractivity contribution in [1.29, 1.82) is 0 Å². The van der Waals surface area contributed by atoms with Crippen LogP contribution in [0.5, 0.6) is 0 Å². The summed E-state index contributed by atoms with van der Waals surface area (Å²) >= 11 is 0. The molecular weight excluding hydrogens is 324 g/mol. The fraction of sp³-hybridized carbons (Fsp3) is 0.739. The van der Waals surface area contributed by atoms with Crippen LogP contribution in [0, 0.1) is 46.8 Å². The summed E-state index contributed by atoms with van der Waals surface area (Å²) in [4.78, 5) is 23.9. The molecule has 0 aromatic heterocycles. The number of ketones is 1. The molecule has 3 nitrogen and oxygen atoms in total. The van der Waals surface area contributed by atoms with Gasteiger partial charge in [0, 0.05) is 23.8 Å². The third-order valence-electron chi connectivity index (χ3n) is 9.38. The molecule has 0 saturated heterocycles. The Morgan fingerprint density at radius 3 is 2.81 bits per heavy atom. The second kappa shape index (κ2) is 4.72. The van der Waals surface area contributed by atoms with Crippen LogP contribution in [0.3, 0.4) is 0 Å². The quantitative estimate of drug-likeness (QED) is 0.617. The van der Waals surface area contributed by atoms with Gasteiger partial charge in [-0.25, -0.2) is 4.79 Å². The van der Waals surface area contributed by atoms with E-state index in [2.05, 4.69) is 19.9 Å². The average molecular weight is 352 g/mol. The van der Waals surface area contributed by atoms with Gasteiger partial charge in [0.15, 0.2) is 5.78 Å². The largest absolute Gasteiger partial charge is 0.451 e. The summed E-state index contributed by atoms with van der Waals surface area (Å²) in [6, 6.07) is 0. The van der Waals surface area contributed by atoms with Gasteiger partial charge in [0.1, 0.15) is 5.60 Å². The molecule has 1 aliphatic heterocycles. The van der Waals surface area contributed by atoms with E-state index in [1.807, 2.05) is 6.08 Å². The summed E-state index contributed by atoms with van der Waals surface area (Å²) in [7, 11) is 0. The third kappa shape index (κ3) is 1.67. The van der Waals surface area contributed by atoms with Crippen LogP contribution < -0.4 is 0 Å². The Morgan fingerprint density at radius 2 is 2.04 bits per heavy atom. The topological polar surface area (TPSA) is 43.4 Å². The monoisotopic (exact) mass is 352 g/mol. The Hall–Kier alpha value is -1.38. The van der Waals surface area contributed by atoms with Crippen LogP contribution in [0.1, 0.15) is 52.4 Å². The smallest absolute Gasteiger partial charge is 0.331 e. The maximum atomic E-state index is 12.0. The summed E-state index contributed by atoms with van der Waals surface area (Å²) in [6.07, 6.45) is 12.3. The van der Waals surface area contributed by atoms with Gasteiger partial charge in [0.05, 0.1) is 0 Å². The van der Waals surface area contributed by atoms with Gasteiger partial charge in [-0.3, -0.25) is 4.79 Å². The lowest BCUT2D eigenvalue weighted by atomic mass is 9.47. The van der Waals surface area contributed by atoms with Crippen molar-refractivity contribution in [1.82, 2.24) is 0 Å². The van der Waals surface area contributed by atoms with E-state index in [9.17, 15) is 9.59 Å². The Kier molecular flexibility index (Phi) is 2.84. The number of ether oxygens (including phenoxy) is 1. The van der Waals surface area contributed by atoms with Crippen LogP contribution in [0.2, 0.25) is 0 Å². The van der Waals surface area contributed by atoms with Crippen molar-refractivity contribution in [3.8, 4) is 0 Å². The van der Waals surface area contributed by atoms with Gasteiger partial charge in [-0.15, -0.1) is 0 Å². The molecule has 6 rings (SSSR count). The Bertz CT molecular complexity index is 778. The first-order valence-corrected chi connectivity index (χ1v) is 10.6. The minimum atomic E-state index is -0.317. The van der Waals surface area contributed by atoms with Crippen molar-refractivity contribution in [2.24, 2.45) is 46.8 Å². The molecule has 0 unspecified atom stereocenters. The second-order valence-corrected chi connectivity index (χ2v) is 10.3. The third-order valence-corrected chi connectivity index (χ3v) is 9.38. The molecule has 1 heterocycles. The molecule has 6 aliphatic rings. The summed E-state index contributed by atoms with van der Waals surface area (Å²) in [5.74, 6) is 4.90. The SMILES string of the molecule is C[C@@H]1CC2=CC(=O)CC[C@@H]2[C@H]2CC[C@@]3(C)[C@@H]([C@@H]4C[C@@H]4[C@@]34C=CC(=O)O4)[C@@H]21. The molecule has 0 bridgehead atoms. The molecule has 0 aromatic carbocycles. The molecule has 0 radical (unpaired) electrons. The van der Waals surface area contributed by atoms with Crippen LogP contribution in [0.25, 0.3) is 0 Å². The maximum absolute atomic E-state index is 12.0. The zero-order valence-electron chi connectivity index (χ0n) is 15.7. The van der Waals surface area contributed by atoms with Crippen molar-refractivity contribution in [3.63, 3.8) is 0 Å². The number of hydrogen-bond donors (Lipinski definition) is 0. The minimum Gasteiger partial charge on any atom is -0.451 e. The summed E-state index contributed by atoms with van der Waals surface area (Å²) < 4.78 is 6.07. The minimum absolute atomic E-state index is 0.102. The van der Waals surface area contributed by atoms with Crippen molar-refractivity contribution in [2.75, 3.05) is 0 Å². The molecule has 26 heavy (non-hydrogen) atoms. The number of rotatable bonds is 0. The number of hydrogen-bond acceptors (Lipinski definition) is 3. The maximum Gasteiger partial charge on any atom is 0.331 e. The first-order chi connectivity index (χ1) is 12.4. The van der Waals surface area contributed by atoms with Gasteiger partial charge in [-0.1, -0.05) is 19.4 Å². The van der Waals surface area contributed by atoms with Gasteiger partial charge >= 0.3 is 5.97 Å². The molecule has 4 saturated carbocycles. The van der Waals surface area contributed by atoms with Crippen molar-refractivity contribution >= 4 is 11.8 Å². The van der Waals surface area contributed by atoms with Gasteiger partial charge in [0.25, 0.3) is 0 Å². The van der Waals surface area contributed by atoms with Crippen LogP contribution in [0.4, 0.5) is 0 Å². The van der Waals surface area contributed by atoms with Crippen LogP contribution in [-0.2, 0) is 14.3 Å². The zero-order valence-corrected chi connectivity index (χ0v) is 15.7. The molecule has 3 heteroatoms. The fourth-order valence-electron chi connectivity index (χ4n) is 8.51. The van der Waals surface area contributed by atoms with Crippen molar-refractivity contribution < 1.29 is 14.3 Å². The van der Waals surface area contributed by atoms with Crippen LogP contribution >= 0.6 is 0 Å². The summed E-state index contributed by atoms with van der Waals surface area (Å²) in [5.41, 5.74) is 1.23. The molecule has 0 aromatic rings. The average Bonchev–Trinajstić information content (AvgIpc) is 3.24. The number of carbonyl (C=O) groups excluding carboxylic acids is 2. The number of carbonyl (C=O) groups is 2. The Balaban J connectivity index is 1.41. The second-order valence-electron chi connectivity index (χ2n) is 10.3. The van der Waals surface area contributed by atoms with E-state index in [1.54, 1.807) is 6.08 Å². The molecule has 138 valence electrons. The van der Waals surface area contributed by atoms with Gasteiger partial charge in [-0.2, -0.15) is 0 Å². The lowest BCUT2D eigenvalue weighted by molar-refractivity contribution is -0.169. The van der Waals surface area contributed by atoms with Crippen LogP contribution in [0.15, 0.2) is 23.8 Å². The van der Waals surface area contributed by atoms with E-state index in [-0.39, 0.29) is 17.0 Å². The standard InChI is InChI=1S/C23H28O3/c1-12-9-13-10-14(24)3-4-15(13)16-5-7-22(2)21(20(12)16)17-11-18(17)23(22)8-6-19(25)26-23/h6,8,10,12,15-18,20-21H,3-5,7,9,11H2,1-2H3/t12-,15+,16-,17-,18+,20-,21+,22+,23+/m1/s1. The lowest BCUT2D eigenvalue weighted by Crippen LogP contribution is -2.56. The predicted octanol–water partition coefficient (Wildman–Crippen LogP) is 4.08. The first-order valence-electron chi connectivity index (χ1n) is 10.6. The highest BCUT2D eigenvalue weighted by molar-refractivity contribution is 5.91. The lowest BCUT2D eigenvalue weighted by Gasteiger charge is -2.58. The van der Waals surface area contributed by atoms with Gasteiger partial charge in [-0.05, 0) is 79.8 Å². The summed E-state index contributed by atoms with van der Waals surface area (Å²) in [5, 5.41) is 0. The molecule has 9 atom stereocenters. The fourth-order valence-corrected chi connectivity index (χ4v) is 8.51. The summed E-state index contributed by atoms with van der Waals surface area (Å²) in [6.45, 7) is 4.84. The van der Waals surface area contributed by atoms with Crippen LogP contribution in [-0.4, -0.2) is 17.4 Å². The normalized spacial score (nSPS) is 56.4.